The van der Waals surface area contributed by atoms with Crippen LogP contribution < -0.4 is 10.9 Å². The highest BCUT2D eigenvalue weighted by Crippen LogP contribution is 2.14. The molecule has 0 atom stereocenters. The summed E-state index contributed by atoms with van der Waals surface area (Å²) in [6.07, 6.45) is 1.38. The largest absolute Gasteiger partial charge is 0.339 e. The summed E-state index contributed by atoms with van der Waals surface area (Å²) in [5, 5.41) is 6.71. The van der Waals surface area contributed by atoms with E-state index in [-0.39, 0.29) is 23.7 Å². The van der Waals surface area contributed by atoms with E-state index in [1.807, 2.05) is 50.2 Å². The van der Waals surface area contributed by atoms with E-state index in [1.165, 1.54) is 0 Å². The maximum absolute atomic E-state index is 12.6. The van der Waals surface area contributed by atoms with E-state index < -0.39 is 0 Å². The van der Waals surface area contributed by atoms with Crippen LogP contribution in [0.5, 0.6) is 0 Å². The number of pyridine rings is 1. The molecule has 27 heavy (non-hydrogen) atoms. The Kier molecular flexibility index (Phi) is 5.80. The van der Waals surface area contributed by atoms with Crippen molar-refractivity contribution < 1.29 is 9.32 Å². The maximum atomic E-state index is 12.6. The zero-order valence-electron chi connectivity index (χ0n) is 15.4. The van der Waals surface area contributed by atoms with E-state index in [9.17, 15) is 9.59 Å². The number of nitrogens with zero attached hydrogens (tertiary/aromatic N) is 3. The van der Waals surface area contributed by atoms with Crippen molar-refractivity contribution >= 4 is 11.6 Å². The minimum Gasteiger partial charge on any atom is -0.339 e. The first-order valence-electron chi connectivity index (χ1n) is 8.96. The van der Waals surface area contributed by atoms with E-state index in [0.29, 0.717) is 24.4 Å². The fourth-order valence-corrected chi connectivity index (χ4v) is 2.77. The molecule has 0 unspecified atom stereocenters. The van der Waals surface area contributed by atoms with Gasteiger partial charge in [0.15, 0.2) is 0 Å². The molecule has 0 spiro atoms. The molecule has 7 heteroatoms. The average Bonchev–Trinajstić information content (AvgIpc) is 3.13. The Morgan fingerprint density at radius 2 is 1.96 bits per heavy atom. The fourth-order valence-electron chi connectivity index (χ4n) is 2.77. The van der Waals surface area contributed by atoms with Crippen LogP contribution in [-0.4, -0.2) is 20.6 Å². The van der Waals surface area contributed by atoms with Crippen molar-refractivity contribution in [1.82, 2.24) is 14.7 Å². The quantitative estimate of drug-likeness (QED) is 0.693. The van der Waals surface area contributed by atoms with Crippen LogP contribution in [-0.2, 0) is 17.8 Å². The maximum Gasteiger partial charge on any atom is 0.261 e. The highest BCUT2D eigenvalue weighted by atomic mass is 16.5. The second-order valence-electron chi connectivity index (χ2n) is 6.27. The van der Waals surface area contributed by atoms with Crippen molar-refractivity contribution in [2.24, 2.45) is 0 Å². The molecule has 0 aliphatic rings. The van der Waals surface area contributed by atoms with Crippen LogP contribution >= 0.6 is 0 Å². The summed E-state index contributed by atoms with van der Waals surface area (Å²) in [4.78, 5) is 28.9. The number of carbonyl (C=O) groups excluding carboxylic acids is 1. The molecule has 1 N–H and O–H groups in total. The average molecular weight is 366 g/mol. The Labute approximate surface area is 157 Å². The van der Waals surface area contributed by atoms with E-state index in [2.05, 4.69) is 15.5 Å². The lowest BCUT2D eigenvalue weighted by Gasteiger charge is -2.09. The predicted molar refractivity (Wildman–Crippen MR) is 102 cm³/mol. The van der Waals surface area contributed by atoms with Gasteiger partial charge < -0.3 is 14.4 Å². The van der Waals surface area contributed by atoms with Gasteiger partial charge in [-0.25, -0.2) is 0 Å². The number of nitrogens with one attached hydrogen (secondary N) is 1. The van der Waals surface area contributed by atoms with Crippen LogP contribution in [0.25, 0.3) is 11.4 Å². The molecule has 1 aromatic carbocycles. The lowest BCUT2D eigenvalue weighted by atomic mass is 10.2. The molecule has 0 aliphatic carbocycles. The van der Waals surface area contributed by atoms with Crippen molar-refractivity contribution in [2.45, 2.75) is 39.7 Å². The lowest BCUT2D eigenvalue weighted by Crippen LogP contribution is -2.23. The van der Waals surface area contributed by atoms with Crippen LogP contribution in [0, 0.1) is 6.92 Å². The summed E-state index contributed by atoms with van der Waals surface area (Å²) in [7, 11) is 0. The number of hydrogen-bond donors (Lipinski definition) is 1. The molecule has 0 aliphatic heterocycles. The normalized spacial score (nSPS) is 10.7. The lowest BCUT2D eigenvalue weighted by molar-refractivity contribution is -0.116. The van der Waals surface area contributed by atoms with Crippen LogP contribution in [0.2, 0.25) is 0 Å². The van der Waals surface area contributed by atoms with Gasteiger partial charge in [0.05, 0.1) is 5.56 Å². The van der Waals surface area contributed by atoms with Gasteiger partial charge in [0.1, 0.15) is 0 Å². The first-order valence-corrected chi connectivity index (χ1v) is 8.96. The molecule has 3 rings (SSSR count). The molecule has 7 nitrogen and oxygen atoms in total. The molecule has 3 aromatic rings. The summed E-state index contributed by atoms with van der Waals surface area (Å²) in [5.41, 5.74) is 1.90. The minimum absolute atomic E-state index is 0.133. The molecule has 2 heterocycles. The van der Waals surface area contributed by atoms with Crippen molar-refractivity contribution in [3.63, 3.8) is 0 Å². The summed E-state index contributed by atoms with van der Waals surface area (Å²) in [6.45, 7) is 4.56. The number of para-hydroxylation sites is 1. The SMILES string of the molecule is CCCn1c(C)ccc(-c2noc(CCC(=O)Nc3ccccc3)n2)c1=O. The van der Waals surface area contributed by atoms with Crippen molar-refractivity contribution in [1.29, 1.82) is 0 Å². The van der Waals surface area contributed by atoms with Gasteiger partial charge in [-0.05, 0) is 37.6 Å². The number of amides is 1. The van der Waals surface area contributed by atoms with E-state index >= 15 is 0 Å². The van der Waals surface area contributed by atoms with Gasteiger partial charge in [-0.2, -0.15) is 4.98 Å². The van der Waals surface area contributed by atoms with E-state index in [0.717, 1.165) is 17.8 Å². The van der Waals surface area contributed by atoms with Gasteiger partial charge in [-0.3, -0.25) is 9.59 Å². The summed E-state index contributed by atoms with van der Waals surface area (Å²) >= 11 is 0. The zero-order chi connectivity index (χ0) is 19.2. The first kappa shape index (κ1) is 18.6. The number of anilines is 1. The third-order valence-corrected chi connectivity index (χ3v) is 4.17. The second kappa shape index (κ2) is 8.44. The smallest absolute Gasteiger partial charge is 0.261 e. The monoisotopic (exact) mass is 366 g/mol. The summed E-state index contributed by atoms with van der Waals surface area (Å²) in [5.74, 6) is 0.445. The molecule has 0 radical (unpaired) electrons. The predicted octanol–water partition coefficient (Wildman–Crippen LogP) is 3.19. The third kappa shape index (κ3) is 4.49. The van der Waals surface area contributed by atoms with Crippen LogP contribution in [0.1, 0.15) is 31.4 Å². The standard InChI is InChI=1S/C20H22N4O3/c1-3-13-24-14(2)9-10-16(20(24)26)19-22-18(27-23-19)12-11-17(25)21-15-7-5-4-6-8-15/h4-10H,3,11-13H2,1-2H3,(H,21,25). The molecule has 0 saturated heterocycles. The van der Waals surface area contributed by atoms with Crippen LogP contribution in [0.3, 0.4) is 0 Å². The number of aromatic nitrogens is 3. The van der Waals surface area contributed by atoms with Gasteiger partial charge in [0.25, 0.3) is 5.56 Å². The van der Waals surface area contributed by atoms with Gasteiger partial charge in [-0.15, -0.1) is 0 Å². The topological polar surface area (TPSA) is 90.0 Å². The molecule has 0 saturated carbocycles. The molecular weight excluding hydrogens is 344 g/mol. The minimum atomic E-state index is -0.137. The van der Waals surface area contributed by atoms with Gasteiger partial charge in [0.2, 0.25) is 17.6 Å². The Bertz CT molecular complexity index is 976. The van der Waals surface area contributed by atoms with Crippen molar-refractivity contribution in [3.8, 4) is 11.4 Å². The molecule has 140 valence electrons. The Morgan fingerprint density at radius 1 is 1.19 bits per heavy atom. The van der Waals surface area contributed by atoms with Gasteiger partial charge >= 0.3 is 0 Å². The third-order valence-electron chi connectivity index (χ3n) is 4.17. The number of carbonyl (C=O) groups is 1. The van der Waals surface area contributed by atoms with Crippen molar-refractivity contribution in [2.75, 3.05) is 5.32 Å². The van der Waals surface area contributed by atoms with Gasteiger partial charge in [-0.1, -0.05) is 30.3 Å². The fraction of sp³-hybridized carbons (Fsp3) is 0.300. The Balaban J connectivity index is 1.68. The number of benzene rings is 1. The molecule has 2 aromatic heterocycles. The molecular formula is C20H22N4O3. The number of aryl methyl sites for hydroxylation is 2. The van der Waals surface area contributed by atoms with Crippen LogP contribution in [0.4, 0.5) is 5.69 Å². The summed E-state index contributed by atoms with van der Waals surface area (Å²) in [6, 6.07) is 12.8. The van der Waals surface area contributed by atoms with Gasteiger partial charge in [0, 0.05) is 30.8 Å². The van der Waals surface area contributed by atoms with Crippen molar-refractivity contribution in [3.05, 3.63) is 64.4 Å². The second-order valence-corrected chi connectivity index (χ2v) is 6.27. The highest BCUT2D eigenvalue weighted by molar-refractivity contribution is 5.90. The van der Waals surface area contributed by atoms with Crippen LogP contribution in [0.15, 0.2) is 51.8 Å². The first-order chi connectivity index (χ1) is 13.1. The number of rotatable bonds is 7. The van der Waals surface area contributed by atoms with E-state index in [1.54, 1.807) is 10.6 Å². The molecule has 0 bridgehead atoms. The Hall–Kier alpha value is -3.22. The summed E-state index contributed by atoms with van der Waals surface area (Å²) < 4.78 is 6.92. The molecule has 0 fully saturated rings. The zero-order valence-corrected chi connectivity index (χ0v) is 15.4. The Morgan fingerprint density at radius 3 is 2.70 bits per heavy atom. The van der Waals surface area contributed by atoms with E-state index in [4.69, 9.17) is 4.52 Å². The molecule has 1 amide bonds. The highest BCUT2D eigenvalue weighted by Gasteiger charge is 2.15. The number of hydrogen-bond acceptors (Lipinski definition) is 5.